The number of benzene rings is 1. The average molecular weight is 458 g/mol. The number of piperidine rings is 1. The molecule has 1 aromatic heterocycles. The topological polar surface area (TPSA) is 89.4 Å². The standard InChI is InChI=1S/C18H23NO2.C9H18N2O.H2/c1-2-16(20)12-8-3-4-9-13-18-19-14-17(21-18)15-10-6-5-7-11-15;1-11-6-2-3-8(7-11)4-5-9(10)12;/h5-7,10-11,14H,2-4,8-9,12-13H2,1H3;8H,2-7H2,1H3,(H2,10,12);1H. The first-order valence-electron chi connectivity index (χ1n) is 12.5. The summed E-state index contributed by atoms with van der Waals surface area (Å²) in [6.45, 7) is 4.26. The van der Waals surface area contributed by atoms with Gasteiger partial charge in [0.2, 0.25) is 5.91 Å². The van der Waals surface area contributed by atoms with Crippen molar-refractivity contribution in [2.75, 3.05) is 20.1 Å². The molecule has 1 saturated heterocycles. The Bertz CT molecular complexity index is 826. The van der Waals surface area contributed by atoms with Crippen molar-refractivity contribution in [1.82, 2.24) is 9.88 Å². The van der Waals surface area contributed by atoms with Gasteiger partial charge in [0.25, 0.3) is 0 Å². The van der Waals surface area contributed by atoms with Gasteiger partial charge in [-0.15, -0.1) is 0 Å². The summed E-state index contributed by atoms with van der Waals surface area (Å²) in [5, 5.41) is 0. The number of rotatable bonds is 12. The highest BCUT2D eigenvalue weighted by molar-refractivity contribution is 5.77. The summed E-state index contributed by atoms with van der Waals surface area (Å²) < 4.78 is 5.77. The van der Waals surface area contributed by atoms with Gasteiger partial charge in [-0.1, -0.05) is 50.1 Å². The number of hydrogen-bond acceptors (Lipinski definition) is 5. The molecule has 2 heterocycles. The lowest BCUT2D eigenvalue weighted by Gasteiger charge is -2.29. The maximum atomic E-state index is 11.2. The van der Waals surface area contributed by atoms with Crippen LogP contribution in [0.25, 0.3) is 11.3 Å². The third-order valence-electron chi connectivity index (χ3n) is 6.12. The van der Waals surface area contributed by atoms with Crippen molar-refractivity contribution in [3.63, 3.8) is 0 Å². The van der Waals surface area contributed by atoms with Crippen LogP contribution >= 0.6 is 0 Å². The minimum atomic E-state index is -0.164. The van der Waals surface area contributed by atoms with E-state index in [0.717, 1.165) is 68.7 Å². The van der Waals surface area contributed by atoms with Crippen molar-refractivity contribution < 1.29 is 15.4 Å². The highest BCUT2D eigenvalue weighted by Crippen LogP contribution is 2.21. The van der Waals surface area contributed by atoms with E-state index in [1.807, 2.05) is 37.3 Å². The van der Waals surface area contributed by atoms with Crippen LogP contribution in [0.3, 0.4) is 0 Å². The number of carbonyl (C=O) groups is 2. The molecule has 2 N–H and O–H groups in total. The second-order valence-corrected chi connectivity index (χ2v) is 9.07. The molecule has 6 nitrogen and oxygen atoms in total. The van der Waals surface area contributed by atoms with E-state index >= 15 is 0 Å². The molecule has 3 rings (SSSR count). The highest BCUT2D eigenvalue weighted by Gasteiger charge is 2.17. The molecular weight excluding hydrogens is 414 g/mol. The molecule has 1 fully saturated rings. The Morgan fingerprint density at radius 2 is 1.91 bits per heavy atom. The number of nitrogens with two attached hydrogens (primary N) is 1. The molecule has 1 aliphatic heterocycles. The Hall–Kier alpha value is -2.47. The van der Waals surface area contributed by atoms with Crippen molar-refractivity contribution in [2.24, 2.45) is 11.7 Å². The van der Waals surface area contributed by atoms with Crippen molar-refractivity contribution in [3.05, 3.63) is 42.4 Å². The van der Waals surface area contributed by atoms with Crippen molar-refractivity contribution in [2.45, 2.75) is 77.6 Å². The van der Waals surface area contributed by atoms with Crippen molar-refractivity contribution in [1.29, 1.82) is 0 Å². The molecule has 0 radical (unpaired) electrons. The number of nitrogens with zero attached hydrogens (tertiary/aromatic N) is 2. The number of aryl methyl sites for hydroxylation is 1. The average Bonchev–Trinajstić information content (AvgIpc) is 3.30. The Morgan fingerprint density at radius 3 is 2.61 bits per heavy atom. The van der Waals surface area contributed by atoms with E-state index in [1.54, 1.807) is 6.20 Å². The zero-order valence-corrected chi connectivity index (χ0v) is 20.4. The number of Topliss-reactive ketones (excluding diaryl/α,β-unsaturated/α-hetero) is 1. The van der Waals surface area contributed by atoms with Gasteiger partial charge >= 0.3 is 0 Å². The number of carbonyl (C=O) groups excluding carboxylic acids is 2. The lowest BCUT2D eigenvalue weighted by Crippen LogP contribution is -2.32. The van der Waals surface area contributed by atoms with Crippen molar-refractivity contribution >= 4 is 11.7 Å². The van der Waals surface area contributed by atoms with Crippen LogP contribution in [0, 0.1) is 5.92 Å². The molecule has 1 aromatic carbocycles. The number of likely N-dealkylation sites (tertiary alicyclic amines) is 1. The van der Waals surface area contributed by atoms with Crippen molar-refractivity contribution in [3.8, 4) is 11.3 Å². The number of unbranched alkanes of at least 4 members (excludes halogenated alkanes) is 3. The van der Waals surface area contributed by atoms with Crippen LogP contribution in [0.4, 0.5) is 0 Å². The number of aromatic nitrogens is 1. The first-order chi connectivity index (χ1) is 16.0. The summed E-state index contributed by atoms with van der Waals surface area (Å²) in [5.74, 6) is 2.53. The van der Waals surface area contributed by atoms with E-state index in [4.69, 9.17) is 10.2 Å². The van der Waals surface area contributed by atoms with Gasteiger partial charge in [-0.3, -0.25) is 9.59 Å². The Balaban J connectivity index is 0.000000380. The van der Waals surface area contributed by atoms with Crippen LogP contribution < -0.4 is 5.73 Å². The summed E-state index contributed by atoms with van der Waals surface area (Å²) in [6.07, 6.45) is 12.4. The summed E-state index contributed by atoms with van der Waals surface area (Å²) in [6, 6.07) is 10.0. The maximum absolute atomic E-state index is 11.2. The summed E-state index contributed by atoms with van der Waals surface area (Å²) >= 11 is 0. The molecule has 0 bridgehead atoms. The van der Waals surface area contributed by atoms with E-state index in [9.17, 15) is 9.59 Å². The van der Waals surface area contributed by atoms with E-state index in [2.05, 4.69) is 16.9 Å². The number of ketones is 1. The second kappa shape index (κ2) is 15.4. The molecule has 0 saturated carbocycles. The Kier molecular flexibility index (Phi) is 12.5. The van der Waals surface area contributed by atoms with Crippen LogP contribution in [0.5, 0.6) is 0 Å². The highest BCUT2D eigenvalue weighted by atomic mass is 16.4. The fourth-order valence-electron chi connectivity index (χ4n) is 4.15. The fraction of sp³-hybridized carbons (Fsp3) is 0.593. The van der Waals surface area contributed by atoms with Crippen LogP contribution in [-0.2, 0) is 16.0 Å². The summed E-state index contributed by atoms with van der Waals surface area (Å²) in [7, 11) is 2.14. The number of amides is 1. The van der Waals surface area contributed by atoms with Gasteiger partial charge in [0.05, 0.1) is 6.20 Å². The summed E-state index contributed by atoms with van der Waals surface area (Å²) in [5.41, 5.74) is 6.16. The fourth-order valence-corrected chi connectivity index (χ4v) is 4.15. The predicted octanol–water partition coefficient (Wildman–Crippen LogP) is 5.65. The van der Waals surface area contributed by atoms with Gasteiger partial charge in [-0.05, 0) is 51.6 Å². The normalized spacial score (nSPS) is 16.1. The molecular formula is C27H43N3O3. The smallest absolute Gasteiger partial charge is 0.217 e. The molecule has 184 valence electrons. The first kappa shape index (κ1) is 26.8. The minimum Gasteiger partial charge on any atom is -0.441 e. The molecule has 1 unspecified atom stereocenters. The van der Waals surface area contributed by atoms with Crippen LogP contribution in [0.1, 0.15) is 78.4 Å². The van der Waals surface area contributed by atoms with Crippen LogP contribution in [0.15, 0.2) is 40.9 Å². The second-order valence-electron chi connectivity index (χ2n) is 9.07. The molecule has 0 spiro atoms. The van der Waals surface area contributed by atoms with Gasteiger partial charge in [0, 0.05) is 39.2 Å². The lowest BCUT2D eigenvalue weighted by molar-refractivity contribution is -0.119. The number of oxazole rings is 1. The number of hydrogen-bond donors (Lipinski definition) is 1. The molecule has 2 aromatic rings. The monoisotopic (exact) mass is 457 g/mol. The zero-order valence-electron chi connectivity index (χ0n) is 20.4. The SMILES string of the molecule is CCC(=O)CCCCCCc1ncc(-c2ccccc2)o1.CN1CCCC(CCC(N)=O)C1.[HH]. The summed E-state index contributed by atoms with van der Waals surface area (Å²) in [4.78, 5) is 28.4. The third-order valence-corrected chi connectivity index (χ3v) is 6.12. The zero-order chi connectivity index (χ0) is 23.9. The molecule has 6 heteroatoms. The van der Waals surface area contributed by atoms with E-state index in [0.29, 0.717) is 24.5 Å². The van der Waals surface area contributed by atoms with E-state index < -0.39 is 0 Å². The number of primary amides is 1. The van der Waals surface area contributed by atoms with E-state index in [1.165, 1.54) is 19.4 Å². The van der Waals surface area contributed by atoms with Crippen LogP contribution in [0.2, 0.25) is 0 Å². The molecule has 33 heavy (non-hydrogen) atoms. The Labute approximate surface area is 200 Å². The van der Waals surface area contributed by atoms with Crippen LogP contribution in [-0.4, -0.2) is 41.7 Å². The first-order valence-corrected chi connectivity index (χ1v) is 12.5. The molecule has 1 amide bonds. The van der Waals surface area contributed by atoms with E-state index in [-0.39, 0.29) is 7.33 Å². The predicted molar refractivity (Wildman–Crippen MR) is 135 cm³/mol. The van der Waals surface area contributed by atoms with Gasteiger partial charge < -0.3 is 15.1 Å². The Morgan fingerprint density at radius 1 is 1.15 bits per heavy atom. The maximum Gasteiger partial charge on any atom is 0.217 e. The van der Waals surface area contributed by atoms with Gasteiger partial charge in [0.15, 0.2) is 11.7 Å². The quantitative estimate of drug-likeness (QED) is 0.416. The minimum absolute atomic E-state index is 0. The van der Waals surface area contributed by atoms with Gasteiger partial charge in [-0.25, -0.2) is 4.98 Å². The lowest BCUT2D eigenvalue weighted by atomic mass is 9.94. The molecule has 0 aliphatic carbocycles. The third kappa shape index (κ3) is 11.3. The molecule has 1 aliphatic rings. The van der Waals surface area contributed by atoms with Gasteiger partial charge in [-0.2, -0.15) is 0 Å². The van der Waals surface area contributed by atoms with Gasteiger partial charge in [0.1, 0.15) is 5.78 Å². The largest absolute Gasteiger partial charge is 0.441 e. The molecule has 1 atom stereocenters.